The summed E-state index contributed by atoms with van der Waals surface area (Å²) in [7, 11) is 2.97. The van der Waals surface area contributed by atoms with Gasteiger partial charge in [-0.1, -0.05) is 42.0 Å². The molecular weight excluding hydrogens is 521 g/mol. The van der Waals surface area contributed by atoms with Crippen molar-refractivity contribution in [3.8, 4) is 11.5 Å². The molecule has 3 aromatic rings. The van der Waals surface area contributed by atoms with Crippen molar-refractivity contribution in [1.82, 2.24) is 0 Å². The molecule has 0 radical (unpaired) electrons. The third-order valence-electron chi connectivity index (χ3n) is 7.85. The zero-order valence-electron chi connectivity index (χ0n) is 24.1. The van der Waals surface area contributed by atoms with Crippen molar-refractivity contribution >= 4 is 17.7 Å². The average molecular weight is 558 g/mol. The number of anilines is 1. The predicted octanol–water partition coefficient (Wildman–Crippen LogP) is 6.54. The Kier molecular flexibility index (Phi) is 7.77. The minimum Gasteiger partial charge on any atom is -0.497 e. The van der Waals surface area contributed by atoms with Crippen molar-refractivity contribution in [1.29, 1.82) is 0 Å². The number of carbonyl (C=O) groups is 1. The molecule has 41 heavy (non-hydrogen) atoms. The van der Waals surface area contributed by atoms with Gasteiger partial charge in [0, 0.05) is 12.7 Å². The molecule has 0 aromatic heterocycles. The first-order chi connectivity index (χ1) is 19.6. The molecule has 0 saturated carbocycles. The zero-order valence-corrected chi connectivity index (χ0v) is 24.1. The number of carbonyl (C=O) groups excluding carboxylic acids is 1. The van der Waals surface area contributed by atoms with Crippen LogP contribution in [0.1, 0.15) is 55.9 Å². The van der Waals surface area contributed by atoms with Crippen molar-refractivity contribution in [3.05, 3.63) is 106 Å². The number of aliphatic hydroxyl groups is 1. The molecule has 7 heteroatoms. The van der Waals surface area contributed by atoms with Gasteiger partial charge in [-0.05, 0) is 87.2 Å². The lowest BCUT2D eigenvalue weighted by Crippen LogP contribution is -2.57. The summed E-state index contributed by atoms with van der Waals surface area (Å²) in [6.45, 7) is 6.24. The maximum atomic E-state index is 14.1. The highest BCUT2D eigenvalue weighted by Gasteiger charge is 2.55. The number of methoxy groups -OCH3 is 2. The van der Waals surface area contributed by atoms with E-state index in [1.807, 2.05) is 31.2 Å². The highest BCUT2D eigenvalue weighted by Crippen LogP contribution is 2.52. The van der Waals surface area contributed by atoms with Crippen LogP contribution in [0.4, 0.5) is 10.1 Å². The maximum Gasteiger partial charge on any atom is 0.260 e. The van der Waals surface area contributed by atoms with E-state index in [0.717, 1.165) is 18.4 Å². The Morgan fingerprint density at radius 2 is 1.88 bits per heavy atom. The van der Waals surface area contributed by atoms with Gasteiger partial charge in [0.25, 0.3) is 5.91 Å². The minimum absolute atomic E-state index is 0.0919. The third-order valence-corrected chi connectivity index (χ3v) is 7.85. The monoisotopic (exact) mass is 557 g/mol. The molecule has 0 bridgehead atoms. The highest BCUT2D eigenvalue weighted by atomic mass is 19.1. The van der Waals surface area contributed by atoms with Crippen molar-refractivity contribution < 1.29 is 28.5 Å². The van der Waals surface area contributed by atoms with Crippen LogP contribution < -0.4 is 14.4 Å². The van der Waals surface area contributed by atoms with E-state index in [1.165, 1.54) is 24.8 Å². The Bertz CT molecular complexity index is 1510. The first kappa shape index (κ1) is 28.6. The molecule has 2 aliphatic heterocycles. The fourth-order valence-corrected chi connectivity index (χ4v) is 5.70. The molecule has 214 valence electrons. The number of rotatable bonds is 8. The minimum atomic E-state index is -1.89. The molecule has 0 unspecified atom stereocenters. The smallest absolute Gasteiger partial charge is 0.260 e. The number of hydrogen-bond acceptors (Lipinski definition) is 5. The highest BCUT2D eigenvalue weighted by molar-refractivity contribution is 6.03. The van der Waals surface area contributed by atoms with Gasteiger partial charge in [-0.3, -0.25) is 4.79 Å². The van der Waals surface area contributed by atoms with Crippen LogP contribution in [0.3, 0.4) is 0 Å². The number of hydrogen-bond donors (Lipinski definition) is 1. The van der Waals surface area contributed by atoms with Crippen LogP contribution in [0.2, 0.25) is 0 Å². The van der Waals surface area contributed by atoms with Crippen LogP contribution in [0.25, 0.3) is 6.08 Å². The molecule has 2 aliphatic rings. The Hall–Kier alpha value is -3.94. The normalized spacial score (nSPS) is 23.0. The van der Waals surface area contributed by atoms with Crippen LogP contribution in [-0.4, -0.2) is 36.9 Å². The predicted molar refractivity (Wildman–Crippen MR) is 158 cm³/mol. The van der Waals surface area contributed by atoms with Gasteiger partial charge >= 0.3 is 0 Å². The second-order valence-corrected chi connectivity index (χ2v) is 11.1. The van der Waals surface area contributed by atoms with E-state index in [2.05, 4.69) is 19.9 Å². The Labute approximate surface area is 240 Å². The standard InChI is InChI=1S/C34H36FNO5/c1-22(2)8-7-18-33(3)19-17-24-11-16-28-29(30(24)41-33)34(38,25-12-14-27(39-4)15-13-25)31(40-5)32(37)36(28)21-23-9-6-10-26(35)20-23/h6,8-17,19-20,31,38H,7,18,21H2,1-5H3/t31-,33-,34+/m1/s1. The summed E-state index contributed by atoms with van der Waals surface area (Å²) < 4.78 is 32.0. The summed E-state index contributed by atoms with van der Waals surface area (Å²) in [6.07, 6.45) is 6.46. The number of allylic oxidation sites excluding steroid dienone is 2. The number of halogens is 1. The molecular formula is C34H36FNO5. The maximum absolute atomic E-state index is 14.1. The van der Waals surface area contributed by atoms with E-state index in [0.29, 0.717) is 33.9 Å². The van der Waals surface area contributed by atoms with E-state index in [-0.39, 0.29) is 6.54 Å². The molecule has 6 nitrogen and oxygen atoms in total. The summed E-state index contributed by atoms with van der Waals surface area (Å²) in [5, 5.41) is 12.7. The van der Waals surface area contributed by atoms with E-state index >= 15 is 0 Å². The van der Waals surface area contributed by atoms with Gasteiger partial charge < -0.3 is 24.2 Å². The van der Waals surface area contributed by atoms with Gasteiger partial charge in [-0.25, -0.2) is 4.39 Å². The van der Waals surface area contributed by atoms with E-state index in [9.17, 15) is 14.3 Å². The number of ether oxygens (including phenoxy) is 3. The molecule has 0 aliphatic carbocycles. The molecule has 0 spiro atoms. The second kappa shape index (κ2) is 11.1. The van der Waals surface area contributed by atoms with Crippen LogP contribution in [0.15, 0.2) is 78.4 Å². The van der Waals surface area contributed by atoms with Crippen LogP contribution in [-0.2, 0) is 21.7 Å². The van der Waals surface area contributed by atoms with E-state index < -0.39 is 29.0 Å². The van der Waals surface area contributed by atoms with Crippen LogP contribution >= 0.6 is 0 Å². The molecule has 1 N–H and O–H groups in total. The largest absolute Gasteiger partial charge is 0.497 e. The Balaban J connectivity index is 1.71. The zero-order chi connectivity index (χ0) is 29.4. The third kappa shape index (κ3) is 5.27. The van der Waals surface area contributed by atoms with Crippen molar-refractivity contribution in [2.45, 2.75) is 57.5 Å². The average Bonchev–Trinajstić information content (AvgIpc) is 2.94. The van der Waals surface area contributed by atoms with Crippen LogP contribution in [0, 0.1) is 5.82 Å². The molecule has 3 aromatic carbocycles. The second-order valence-electron chi connectivity index (χ2n) is 11.1. The number of benzene rings is 3. The van der Waals surface area contributed by atoms with Gasteiger partial charge in [0.2, 0.25) is 0 Å². The van der Waals surface area contributed by atoms with Crippen molar-refractivity contribution in [3.63, 3.8) is 0 Å². The Morgan fingerprint density at radius 3 is 2.54 bits per heavy atom. The molecule has 0 saturated heterocycles. The number of fused-ring (bicyclic) bond motifs is 3. The van der Waals surface area contributed by atoms with Crippen molar-refractivity contribution in [2.75, 3.05) is 19.1 Å². The van der Waals surface area contributed by atoms with Crippen LogP contribution in [0.5, 0.6) is 11.5 Å². The van der Waals surface area contributed by atoms with E-state index in [4.69, 9.17) is 14.2 Å². The van der Waals surface area contributed by atoms with Gasteiger partial charge in [-0.2, -0.15) is 0 Å². The van der Waals surface area contributed by atoms with Gasteiger partial charge in [-0.15, -0.1) is 0 Å². The lowest BCUT2D eigenvalue weighted by atomic mass is 9.75. The summed E-state index contributed by atoms with van der Waals surface area (Å²) >= 11 is 0. The lowest BCUT2D eigenvalue weighted by Gasteiger charge is -2.46. The van der Waals surface area contributed by atoms with Gasteiger partial charge in [0.15, 0.2) is 11.7 Å². The first-order valence-electron chi connectivity index (χ1n) is 13.7. The lowest BCUT2D eigenvalue weighted by molar-refractivity contribution is -0.146. The van der Waals surface area contributed by atoms with Gasteiger partial charge in [0.05, 0.1) is 24.9 Å². The number of nitrogens with zero attached hydrogens (tertiary/aromatic N) is 1. The summed E-state index contributed by atoms with van der Waals surface area (Å²) in [5.41, 5.74) is 1.46. The molecule has 0 fully saturated rings. The summed E-state index contributed by atoms with van der Waals surface area (Å²) in [6, 6.07) is 16.8. The molecule has 1 amide bonds. The van der Waals surface area contributed by atoms with E-state index in [1.54, 1.807) is 48.4 Å². The summed E-state index contributed by atoms with van der Waals surface area (Å²) in [4.78, 5) is 15.6. The summed E-state index contributed by atoms with van der Waals surface area (Å²) in [5.74, 6) is 0.265. The topological polar surface area (TPSA) is 68.2 Å². The molecule has 2 heterocycles. The SMILES string of the molecule is COc1ccc([C@]2(O)c3c(ccc4c3O[C@](C)(CCC=C(C)C)C=C4)N(Cc3cccc(F)c3)C(=O)[C@H]2OC)cc1. The fourth-order valence-electron chi connectivity index (χ4n) is 5.70. The number of amides is 1. The fraction of sp³-hybridized carbons (Fsp3) is 0.324. The molecule has 3 atom stereocenters. The van der Waals surface area contributed by atoms with Crippen molar-refractivity contribution in [2.24, 2.45) is 0 Å². The van der Waals surface area contributed by atoms with Gasteiger partial charge in [0.1, 0.15) is 22.9 Å². The molecule has 5 rings (SSSR count). The Morgan fingerprint density at radius 1 is 1.12 bits per heavy atom. The first-order valence-corrected chi connectivity index (χ1v) is 13.7. The quantitative estimate of drug-likeness (QED) is 0.319.